The topological polar surface area (TPSA) is 90.5 Å². The lowest BCUT2D eigenvalue weighted by atomic mass is 10.2. The Labute approximate surface area is 175 Å². The molecular formula is C19H26Cl2N4O3. The first-order chi connectivity index (χ1) is 13.4. The summed E-state index contributed by atoms with van der Waals surface area (Å²) in [5.74, 6) is -0.479. The minimum atomic E-state index is -0.411. The maximum absolute atomic E-state index is 12.3. The van der Waals surface area contributed by atoms with Crippen molar-refractivity contribution in [3.05, 3.63) is 28.2 Å². The number of hydrogen-bond acceptors (Lipinski definition) is 3. The highest BCUT2D eigenvalue weighted by Gasteiger charge is 2.19. The molecule has 28 heavy (non-hydrogen) atoms. The number of nitrogens with zero attached hydrogens (tertiary/aromatic N) is 1. The van der Waals surface area contributed by atoms with Crippen molar-refractivity contribution < 1.29 is 14.4 Å². The third-order valence-electron chi connectivity index (χ3n) is 4.58. The minimum Gasteiger partial charge on any atom is -0.353 e. The molecule has 4 amide bonds. The molecule has 3 N–H and O–H groups in total. The van der Waals surface area contributed by atoms with Gasteiger partial charge in [-0.3, -0.25) is 9.59 Å². The number of carbonyl (C=O) groups excluding carboxylic acids is 3. The van der Waals surface area contributed by atoms with Crippen molar-refractivity contribution in [3.8, 4) is 0 Å². The molecule has 0 aromatic heterocycles. The van der Waals surface area contributed by atoms with Gasteiger partial charge in [-0.15, -0.1) is 0 Å². The largest absolute Gasteiger partial charge is 0.353 e. The van der Waals surface area contributed by atoms with Gasteiger partial charge < -0.3 is 20.9 Å². The van der Waals surface area contributed by atoms with Crippen LogP contribution < -0.4 is 16.0 Å². The fourth-order valence-electron chi connectivity index (χ4n) is 3.06. The number of anilines is 1. The van der Waals surface area contributed by atoms with E-state index in [1.807, 2.05) is 0 Å². The van der Waals surface area contributed by atoms with Crippen molar-refractivity contribution in [2.45, 2.75) is 45.1 Å². The van der Waals surface area contributed by atoms with E-state index in [9.17, 15) is 14.4 Å². The number of likely N-dealkylation sites (N-methyl/N-ethyl adjacent to an activating group) is 1. The summed E-state index contributed by atoms with van der Waals surface area (Å²) in [6.07, 6.45) is 4.54. The fraction of sp³-hybridized carbons (Fsp3) is 0.526. The van der Waals surface area contributed by atoms with Gasteiger partial charge in [-0.2, -0.15) is 0 Å². The number of nitrogens with one attached hydrogen (secondary N) is 3. The van der Waals surface area contributed by atoms with Crippen LogP contribution in [0.25, 0.3) is 0 Å². The Morgan fingerprint density at radius 2 is 1.75 bits per heavy atom. The lowest BCUT2D eigenvalue weighted by Gasteiger charge is -2.21. The fourth-order valence-corrected chi connectivity index (χ4v) is 3.55. The summed E-state index contributed by atoms with van der Waals surface area (Å²) in [6, 6.07) is 4.76. The maximum Gasteiger partial charge on any atom is 0.317 e. The minimum absolute atomic E-state index is 0.0682. The van der Waals surface area contributed by atoms with Gasteiger partial charge in [0.15, 0.2) is 0 Å². The van der Waals surface area contributed by atoms with Crippen LogP contribution in [0.15, 0.2) is 18.2 Å². The van der Waals surface area contributed by atoms with E-state index in [4.69, 9.17) is 23.2 Å². The molecular weight excluding hydrogens is 403 g/mol. The number of carbonyl (C=O) groups is 3. The Bertz CT molecular complexity index is 688. The third-order valence-corrected chi connectivity index (χ3v) is 5.21. The quantitative estimate of drug-likeness (QED) is 0.592. The highest BCUT2D eigenvalue weighted by molar-refractivity contribution is 6.39. The van der Waals surface area contributed by atoms with Crippen molar-refractivity contribution >= 4 is 46.7 Å². The van der Waals surface area contributed by atoms with Crippen LogP contribution in [-0.4, -0.2) is 48.4 Å². The molecule has 2 rings (SSSR count). The Balaban J connectivity index is 1.75. The van der Waals surface area contributed by atoms with Crippen LogP contribution in [-0.2, 0) is 9.59 Å². The predicted molar refractivity (Wildman–Crippen MR) is 111 cm³/mol. The highest BCUT2D eigenvalue weighted by Crippen LogP contribution is 2.29. The number of urea groups is 1. The van der Waals surface area contributed by atoms with Crippen LogP contribution >= 0.6 is 23.2 Å². The molecule has 0 aliphatic heterocycles. The van der Waals surface area contributed by atoms with Crippen LogP contribution in [0.3, 0.4) is 0 Å². The monoisotopic (exact) mass is 428 g/mol. The van der Waals surface area contributed by atoms with Gasteiger partial charge in [0.25, 0.3) is 0 Å². The van der Waals surface area contributed by atoms with Gasteiger partial charge in [0, 0.05) is 25.6 Å². The molecule has 0 atom stereocenters. The van der Waals surface area contributed by atoms with Crippen molar-refractivity contribution in [2.24, 2.45) is 0 Å². The summed E-state index contributed by atoms with van der Waals surface area (Å²) in [6.45, 7) is 2.16. The zero-order chi connectivity index (χ0) is 20.5. The zero-order valence-corrected chi connectivity index (χ0v) is 17.4. The van der Waals surface area contributed by atoms with E-state index in [0.29, 0.717) is 22.3 Å². The van der Waals surface area contributed by atoms with E-state index in [0.717, 1.165) is 25.7 Å². The van der Waals surface area contributed by atoms with Gasteiger partial charge in [-0.1, -0.05) is 42.1 Å². The summed E-state index contributed by atoms with van der Waals surface area (Å²) in [5, 5.41) is 8.91. The van der Waals surface area contributed by atoms with Crippen molar-refractivity contribution in [2.75, 3.05) is 25.0 Å². The Morgan fingerprint density at radius 1 is 1.11 bits per heavy atom. The first-order valence-corrected chi connectivity index (χ1v) is 10.2. The molecule has 0 unspecified atom stereocenters. The summed E-state index contributed by atoms with van der Waals surface area (Å²) >= 11 is 12.1. The maximum atomic E-state index is 12.3. The Kier molecular flexibility index (Phi) is 8.86. The van der Waals surface area contributed by atoms with Crippen molar-refractivity contribution in [3.63, 3.8) is 0 Å². The van der Waals surface area contributed by atoms with Crippen LogP contribution in [0.2, 0.25) is 10.0 Å². The van der Waals surface area contributed by atoms with Crippen LogP contribution in [0, 0.1) is 0 Å². The second-order valence-corrected chi connectivity index (χ2v) is 7.50. The van der Waals surface area contributed by atoms with E-state index in [1.54, 1.807) is 25.1 Å². The molecule has 154 valence electrons. The van der Waals surface area contributed by atoms with E-state index in [2.05, 4.69) is 16.0 Å². The van der Waals surface area contributed by atoms with E-state index in [-0.39, 0.29) is 31.5 Å². The number of para-hydroxylation sites is 1. The number of benzene rings is 1. The van der Waals surface area contributed by atoms with Gasteiger partial charge in [0.2, 0.25) is 11.8 Å². The van der Waals surface area contributed by atoms with Crippen molar-refractivity contribution in [1.82, 2.24) is 15.5 Å². The average Bonchev–Trinajstić information content (AvgIpc) is 3.15. The van der Waals surface area contributed by atoms with Gasteiger partial charge in [0.1, 0.15) is 6.54 Å². The highest BCUT2D eigenvalue weighted by atomic mass is 35.5. The molecule has 7 nitrogen and oxygen atoms in total. The van der Waals surface area contributed by atoms with E-state index in [1.165, 1.54) is 4.90 Å². The molecule has 1 fully saturated rings. The summed E-state index contributed by atoms with van der Waals surface area (Å²) in [7, 11) is 0. The van der Waals surface area contributed by atoms with Gasteiger partial charge >= 0.3 is 6.03 Å². The normalized spacial score (nSPS) is 13.8. The SMILES string of the molecule is CCN(CC(=O)Nc1c(Cl)cccc1Cl)C(=O)NCCC(=O)NC1CCCC1. The standard InChI is InChI=1S/C19H26Cl2N4O3/c1-2-25(12-17(27)24-18-14(20)8-5-9-15(18)21)19(28)22-11-10-16(26)23-13-6-3-4-7-13/h5,8-9,13H,2-4,6-7,10-12H2,1H3,(H,22,28)(H,23,26)(H,24,27). The van der Waals surface area contributed by atoms with Crippen molar-refractivity contribution in [1.29, 1.82) is 0 Å². The molecule has 0 saturated heterocycles. The molecule has 1 aromatic carbocycles. The molecule has 0 bridgehead atoms. The second kappa shape index (κ2) is 11.1. The third kappa shape index (κ3) is 6.87. The van der Waals surface area contributed by atoms with Gasteiger partial charge in [-0.25, -0.2) is 4.79 Å². The lowest BCUT2D eigenvalue weighted by Crippen LogP contribution is -2.45. The number of amides is 4. The summed E-state index contributed by atoms with van der Waals surface area (Å²) in [4.78, 5) is 37.8. The van der Waals surface area contributed by atoms with Gasteiger partial charge in [0.05, 0.1) is 15.7 Å². The van der Waals surface area contributed by atoms with E-state index >= 15 is 0 Å². The summed E-state index contributed by atoms with van der Waals surface area (Å²) in [5.41, 5.74) is 0.316. The molecule has 0 radical (unpaired) electrons. The predicted octanol–water partition coefficient (Wildman–Crippen LogP) is 3.41. The number of rotatable bonds is 8. The second-order valence-electron chi connectivity index (χ2n) is 6.69. The molecule has 0 spiro atoms. The van der Waals surface area contributed by atoms with Crippen LogP contribution in [0.5, 0.6) is 0 Å². The molecule has 9 heteroatoms. The molecule has 1 aromatic rings. The number of halogens is 2. The molecule has 1 saturated carbocycles. The summed E-state index contributed by atoms with van der Waals surface area (Å²) < 4.78 is 0. The van der Waals surface area contributed by atoms with Crippen LogP contribution in [0.4, 0.5) is 10.5 Å². The van der Waals surface area contributed by atoms with E-state index < -0.39 is 11.9 Å². The molecule has 1 aliphatic rings. The first kappa shape index (κ1) is 22.3. The zero-order valence-electron chi connectivity index (χ0n) is 15.9. The molecule has 1 aliphatic carbocycles. The van der Waals surface area contributed by atoms with Gasteiger partial charge in [-0.05, 0) is 31.9 Å². The smallest absolute Gasteiger partial charge is 0.317 e. The number of hydrogen-bond donors (Lipinski definition) is 3. The lowest BCUT2D eigenvalue weighted by molar-refractivity contribution is -0.121. The Hall–Kier alpha value is -1.99. The molecule has 0 heterocycles. The first-order valence-electron chi connectivity index (χ1n) is 9.46. The Morgan fingerprint density at radius 3 is 2.36 bits per heavy atom. The average molecular weight is 429 g/mol. The van der Waals surface area contributed by atoms with Crippen LogP contribution in [0.1, 0.15) is 39.0 Å².